The number of ether oxygens (including phenoxy) is 2. The molecule has 1 aromatic carbocycles. The highest BCUT2D eigenvalue weighted by atomic mass is 16.7. The van der Waals surface area contributed by atoms with Gasteiger partial charge < -0.3 is 20.1 Å². The van der Waals surface area contributed by atoms with Gasteiger partial charge in [-0.1, -0.05) is 19.9 Å². The number of rotatable bonds is 6. The van der Waals surface area contributed by atoms with Gasteiger partial charge in [0.2, 0.25) is 12.7 Å². The van der Waals surface area contributed by atoms with E-state index in [0.717, 1.165) is 10.5 Å². The molecule has 134 valence electrons. The first-order chi connectivity index (χ1) is 11.9. The van der Waals surface area contributed by atoms with Gasteiger partial charge in [0.05, 0.1) is 13.0 Å². The second kappa shape index (κ2) is 7.00. The smallest absolute Gasteiger partial charge is 0.325 e. The quantitative estimate of drug-likeness (QED) is 0.748. The van der Waals surface area contributed by atoms with Crippen molar-refractivity contribution in [2.24, 2.45) is 5.92 Å². The van der Waals surface area contributed by atoms with Crippen LogP contribution in [0.4, 0.5) is 4.79 Å². The minimum Gasteiger partial charge on any atom is -0.454 e. The van der Waals surface area contributed by atoms with Gasteiger partial charge in [0.25, 0.3) is 5.91 Å². The van der Waals surface area contributed by atoms with E-state index in [4.69, 9.17) is 9.47 Å². The number of hydrogen-bond donors (Lipinski definition) is 2. The molecule has 2 heterocycles. The lowest BCUT2D eigenvalue weighted by Gasteiger charge is -2.13. The lowest BCUT2D eigenvalue weighted by molar-refractivity contribution is -0.131. The molecule has 25 heavy (non-hydrogen) atoms. The summed E-state index contributed by atoms with van der Waals surface area (Å²) < 4.78 is 10.5. The summed E-state index contributed by atoms with van der Waals surface area (Å²) in [5.41, 5.74) is 0.748. The highest BCUT2D eigenvalue weighted by molar-refractivity contribution is 6.05. The Balaban J connectivity index is 1.60. The molecule has 1 atom stereocenters. The summed E-state index contributed by atoms with van der Waals surface area (Å²) in [7, 11) is 0. The number of carbonyl (C=O) groups is 3. The zero-order valence-electron chi connectivity index (χ0n) is 14.2. The number of benzene rings is 1. The van der Waals surface area contributed by atoms with E-state index in [1.165, 1.54) is 0 Å². The Morgan fingerprint density at radius 3 is 2.84 bits per heavy atom. The molecule has 0 saturated carbocycles. The van der Waals surface area contributed by atoms with Crippen LogP contribution < -0.4 is 20.1 Å². The lowest BCUT2D eigenvalue weighted by Crippen LogP contribution is -2.37. The third-order valence-electron chi connectivity index (χ3n) is 3.98. The summed E-state index contributed by atoms with van der Waals surface area (Å²) in [6.45, 7) is 4.78. The summed E-state index contributed by atoms with van der Waals surface area (Å²) in [5, 5.41) is 5.31. The molecule has 0 aliphatic carbocycles. The van der Waals surface area contributed by atoms with Crippen LogP contribution in [0.15, 0.2) is 18.2 Å². The third kappa shape index (κ3) is 3.84. The first-order valence-electron chi connectivity index (χ1n) is 8.21. The molecule has 1 saturated heterocycles. The number of carbonyl (C=O) groups excluding carboxylic acids is 3. The third-order valence-corrected chi connectivity index (χ3v) is 3.98. The second-order valence-electron chi connectivity index (χ2n) is 6.52. The van der Waals surface area contributed by atoms with Crippen LogP contribution in [-0.2, 0) is 16.1 Å². The van der Waals surface area contributed by atoms with Crippen molar-refractivity contribution in [2.75, 3.05) is 13.3 Å². The van der Waals surface area contributed by atoms with Crippen LogP contribution in [0, 0.1) is 5.92 Å². The molecule has 0 spiro atoms. The molecule has 8 heteroatoms. The number of imide groups is 1. The van der Waals surface area contributed by atoms with E-state index in [9.17, 15) is 14.4 Å². The fraction of sp³-hybridized carbons (Fsp3) is 0.471. The molecule has 8 nitrogen and oxygen atoms in total. The lowest BCUT2D eigenvalue weighted by atomic mass is 10.1. The second-order valence-corrected chi connectivity index (χ2v) is 6.52. The van der Waals surface area contributed by atoms with Gasteiger partial charge >= 0.3 is 6.03 Å². The Morgan fingerprint density at radius 1 is 1.32 bits per heavy atom. The van der Waals surface area contributed by atoms with Crippen LogP contribution in [0.5, 0.6) is 11.5 Å². The number of fused-ring (bicyclic) bond motifs is 1. The zero-order chi connectivity index (χ0) is 18.0. The van der Waals surface area contributed by atoms with Gasteiger partial charge in [-0.2, -0.15) is 0 Å². The summed E-state index contributed by atoms with van der Waals surface area (Å²) in [4.78, 5) is 37.5. The van der Waals surface area contributed by atoms with Crippen molar-refractivity contribution in [3.05, 3.63) is 23.8 Å². The topological polar surface area (TPSA) is 97.0 Å². The summed E-state index contributed by atoms with van der Waals surface area (Å²) >= 11 is 0. The molecule has 0 aromatic heterocycles. The summed E-state index contributed by atoms with van der Waals surface area (Å²) in [6, 6.07) is 3.94. The first-order valence-corrected chi connectivity index (χ1v) is 8.21. The summed E-state index contributed by atoms with van der Waals surface area (Å²) in [5.74, 6) is 0.898. The molecule has 1 fully saturated rings. The fourth-order valence-electron chi connectivity index (χ4n) is 2.66. The molecular weight excluding hydrogens is 326 g/mol. The van der Waals surface area contributed by atoms with Crippen molar-refractivity contribution < 1.29 is 23.9 Å². The van der Waals surface area contributed by atoms with Gasteiger partial charge in [-0.3, -0.25) is 14.5 Å². The molecule has 0 bridgehead atoms. The van der Waals surface area contributed by atoms with E-state index in [1.807, 2.05) is 13.8 Å². The molecule has 4 amide bonds. The van der Waals surface area contributed by atoms with E-state index in [-0.39, 0.29) is 25.7 Å². The Labute approximate surface area is 145 Å². The van der Waals surface area contributed by atoms with Crippen LogP contribution in [0.25, 0.3) is 0 Å². The van der Waals surface area contributed by atoms with E-state index in [2.05, 4.69) is 10.6 Å². The van der Waals surface area contributed by atoms with E-state index < -0.39 is 18.0 Å². The van der Waals surface area contributed by atoms with Crippen molar-refractivity contribution in [3.63, 3.8) is 0 Å². The Kier molecular flexibility index (Phi) is 4.78. The maximum atomic E-state index is 12.4. The van der Waals surface area contributed by atoms with Crippen molar-refractivity contribution in [2.45, 2.75) is 32.9 Å². The van der Waals surface area contributed by atoms with Crippen LogP contribution in [0.1, 0.15) is 25.8 Å². The minimum atomic E-state index is -0.825. The van der Waals surface area contributed by atoms with Crippen LogP contribution in [0.3, 0.4) is 0 Å². The number of nitrogens with one attached hydrogen (secondary N) is 2. The van der Waals surface area contributed by atoms with Crippen LogP contribution >= 0.6 is 0 Å². The molecule has 1 aromatic rings. The van der Waals surface area contributed by atoms with Gasteiger partial charge in [-0.25, -0.2) is 4.79 Å². The number of hydrogen-bond acceptors (Lipinski definition) is 5. The molecule has 0 unspecified atom stereocenters. The van der Waals surface area contributed by atoms with Gasteiger partial charge in [0, 0.05) is 6.54 Å². The van der Waals surface area contributed by atoms with E-state index in [0.29, 0.717) is 24.0 Å². The van der Waals surface area contributed by atoms with Gasteiger partial charge in [-0.15, -0.1) is 0 Å². The van der Waals surface area contributed by atoms with Crippen molar-refractivity contribution in [1.29, 1.82) is 0 Å². The Bertz CT molecular complexity index is 704. The molecule has 2 aliphatic rings. The van der Waals surface area contributed by atoms with Gasteiger partial charge in [0.1, 0.15) is 6.04 Å². The highest BCUT2D eigenvalue weighted by Crippen LogP contribution is 2.33. The Hall–Kier alpha value is -2.77. The van der Waals surface area contributed by atoms with Gasteiger partial charge in [-0.05, 0) is 23.6 Å². The predicted molar refractivity (Wildman–Crippen MR) is 87.9 cm³/mol. The van der Waals surface area contributed by atoms with Crippen molar-refractivity contribution in [1.82, 2.24) is 15.5 Å². The minimum absolute atomic E-state index is 0.0606. The summed E-state index contributed by atoms with van der Waals surface area (Å²) in [6.07, 6.45) is -0.0606. The fourth-order valence-corrected chi connectivity index (χ4v) is 2.66. The van der Waals surface area contributed by atoms with E-state index in [1.54, 1.807) is 18.2 Å². The Morgan fingerprint density at radius 2 is 2.08 bits per heavy atom. The molecule has 2 aliphatic heterocycles. The molecule has 2 N–H and O–H groups in total. The van der Waals surface area contributed by atoms with Crippen molar-refractivity contribution >= 4 is 17.8 Å². The van der Waals surface area contributed by atoms with Gasteiger partial charge in [0.15, 0.2) is 11.5 Å². The molecular formula is C17H21N3O5. The maximum Gasteiger partial charge on any atom is 0.325 e. The van der Waals surface area contributed by atoms with Crippen molar-refractivity contribution in [3.8, 4) is 11.5 Å². The monoisotopic (exact) mass is 347 g/mol. The van der Waals surface area contributed by atoms with Crippen LogP contribution in [0.2, 0.25) is 0 Å². The van der Waals surface area contributed by atoms with E-state index >= 15 is 0 Å². The standard InChI is InChI=1S/C17H21N3O5/c1-10(2)7-18-15(21)6-12-16(22)20(17(23)19-12)8-11-3-4-13-14(5-11)25-9-24-13/h3-5,10,12H,6-9H2,1-2H3,(H,18,21)(H,19,23)/t12-/m0/s1. The number of nitrogens with zero attached hydrogens (tertiary/aromatic N) is 1. The SMILES string of the molecule is CC(C)CNC(=O)C[C@@H]1NC(=O)N(Cc2ccc3c(c2)OCO3)C1=O. The van der Waals surface area contributed by atoms with Crippen LogP contribution in [-0.4, -0.2) is 42.1 Å². The average Bonchev–Trinajstić information content (AvgIpc) is 3.13. The largest absolute Gasteiger partial charge is 0.454 e. The normalized spacial score (nSPS) is 18.7. The zero-order valence-corrected chi connectivity index (χ0v) is 14.2. The first kappa shape index (κ1) is 17.1. The maximum absolute atomic E-state index is 12.4. The average molecular weight is 347 g/mol. The molecule has 0 radical (unpaired) electrons. The molecule has 3 rings (SSSR count). The number of urea groups is 1. The highest BCUT2D eigenvalue weighted by Gasteiger charge is 2.39. The predicted octanol–water partition coefficient (Wildman–Crippen LogP) is 0.998. The number of amides is 4.